The highest BCUT2D eigenvalue weighted by Crippen LogP contribution is 2.39. The van der Waals surface area contributed by atoms with Crippen LogP contribution >= 0.6 is 0 Å². The van der Waals surface area contributed by atoms with E-state index in [4.69, 9.17) is 0 Å². The smallest absolute Gasteiger partial charge is 0.271 e. The number of benzene rings is 1. The van der Waals surface area contributed by atoms with Crippen LogP contribution in [0.2, 0.25) is 0 Å². The highest BCUT2D eigenvalue weighted by molar-refractivity contribution is 5.81. The Kier molecular flexibility index (Phi) is 3.53. The molecule has 1 aliphatic rings. The Balaban J connectivity index is 1.23. The summed E-state index contributed by atoms with van der Waals surface area (Å²) in [7, 11) is 0. The third-order valence-electron chi connectivity index (χ3n) is 4.18. The van der Waals surface area contributed by atoms with Gasteiger partial charge in [0.1, 0.15) is 5.82 Å². The number of anilines is 2. The molecule has 0 radical (unpaired) electrons. The van der Waals surface area contributed by atoms with Crippen LogP contribution in [-0.4, -0.2) is 33.5 Å². The molecule has 7 heteroatoms. The van der Waals surface area contributed by atoms with Crippen molar-refractivity contribution in [2.75, 3.05) is 23.7 Å². The number of hydrogen-bond acceptors (Lipinski definition) is 4. The molecule has 0 amide bonds. The van der Waals surface area contributed by atoms with Crippen LogP contribution in [0.1, 0.15) is 30.9 Å². The minimum atomic E-state index is -0.0830. The van der Waals surface area contributed by atoms with Crippen molar-refractivity contribution in [3.63, 3.8) is 0 Å². The average molecular weight is 312 g/mol. The van der Waals surface area contributed by atoms with Crippen LogP contribution < -0.4 is 16.2 Å². The van der Waals surface area contributed by atoms with Gasteiger partial charge in [-0.15, -0.1) is 0 Å². The second-order valence-electron chi connectivity index (χ2n) is 6.03. The standard InChI is InChI=1S/C16H20N6O/c23-16-12-5-4-11(8-14(12)20-22-16)17-6-1-7-18-15-9-13(19-21-15)10-2-3-10/h4-5,8-10,17H,1-3,6-7H2,(H2,18,19,21)(H2,20,22,23). The maximum Gasteiger partial charge on any atom is 0.271 e. The first-order chi connectivity index (χ1) is 11.3. The normalized spacial score (nSPS) is 14.3. The van der Waals surface area contributed by atoms with Gasteiger partial charge in [0.25, 0.3) is 5.56 Å². The van der Waals surface area contributed by atoms with Crippen molar-refractivity contribution in [3.8, 4) is 0 Å². The molecule has 1 aromatic carbocycles. The lowest BCUT2D eigenvalue weighted by atomic mass is 10.2. The van der Waals surface area contributed by atoms with Crippen molar-refractivity contribution in [1.82, 2.24) is 20.4 Å². The number of nitrogens with one attached hydrogen (secondary N) is 5. The Morgan fingerprint density at radius 3 is 2.87 bits per heavy atom. The van der Waals surface area contributed by atoms with E-state index < -0.39 is 0 Å². The first-order valence-corrected chi connectivity index (χ1v) is 8.03. The maximum atomic E-state index is 11.4. The quantitative estimate of drug-likeness (QED) is 0.432. The minimum absolute atomic E-state index is 0.0830. The summed E-state index contributed by atoms with van der Waals surface area (Å²) in [6.45, 7) is 1.72. The van der Waals surface area contributed by atoms with Crippen molar-refractivity contribution < 1.29 is 0 Å². The van der Waals surface area contributed by atoms with Gasteiger partial charge < -0.3 is 10.6 Å². The highest BCUT2D eigenvalue weighted by Gasteiger charge is 2.25. The van der Waals surface area contributed by atoms with Crippen molar-refractivity contribution in [2.24, 2.45) is 0 Å². The molecule has 1 saturated carbocycles. The molecule has 0 saturated heterocycles. The molecule has 120 valence electrons. The third kappa shape index (κ3) is 3.08. The van der Waals surface area contributed by atoms with E-state index in [0.29, 0.717) is 11.3 Å². The number of aromatic nitrogens is 4. The molecule has 2 heterocycles. The Morgan fingerprint density at radius 2 is 2.00 bits per heavy atom. The fraction of sp³-hybridized carbons (Fsp3) is 0.375. The Morgan fingerprint density at radius 1 is 1.13 bits per heavy atom. The fourth-order valence-electron chi connectivity index (χ4n) is 2.72. The van der Waals surface area contributed by atoms with Crippen molar-refractivity contribution in [3.05, 3.63) is 40.3 Å². The molecular formula is C16H20N6O. The molecule has 1 aliphatic carbocycles. The second-order valence-corrected chi connectivity index (χ2v) is 6.03. The maximum absolute atomic E-state index is 11.4. The SMILES string of the molecule is O=c1[nH][nH]c2cc(NCCCNc3cc(C4CC4)[nH]n3)ccc12. The van der Waals surface area contributed by atoms with E-state index in [1.807, 2.05) is 18.2 Å². The zero-order valence-corrected chi connectivity index (χ0v) is 12.8. The molecule has 7 nitrogen and oxygen atoms in total. The van der Waals surface area contributed by atoms with Gasteiger partial charge in [-0.1, -0.05) is 0 Å². The molecule has 23 heavy (non-hydrogen) atoms. The van der Waals surface area contributed by atoms with Crippen LogP contribution in [0, 0.1) is 0 Å². The average Bonchev–Trinajstić information content (AvgIpc) is 3.20. The van der Waals surface area contributed by atoms with Crippen LogP contribution in [0.3, 0.4) is 0 Å². The van der Waals surface area contributed by atoms with E-state index in [1.165, 1.54) is 18.5 Å². The number of aromatic amines is 3. The molecule has 0 atom stereocenters. The zero-order valence-electron chi connectivity index (χ0n) is 12.8. The van der Waals surface area contributed by atoms with Gasteiger partial charge in [0.05, 0.1) is 10.9 Å². The summed E-state index contributed by atoms with van der Waals surface area (Å²) in [5.74, 6) is 1.63. The molecular weight excluding hydrogens is 292 g/mol. The summed E-state index contributed by atoms with van der Waals surface area (Å²) in [4.78, 5) is 11.4. The third-order valence-corrected chi connectivity index (χ3v) is 4.18. The zero-order chi connectivity index (χ0) is 15.6. The van der Waals surface area contributed by atoms with Crippen LogP contribution in [0.5, 0.6) is 0 Å². The van der Waals surface area contributed by atoms with E-state index in [-0.39, 0.29) is 5.56 Å². The summed E-state index contributed by atoms with van der Waals surface area (Å²) in [5, 5.41) is 20.2. The van der Waals surface area contributed by atoms with Crippen LogP contribution in [0.4, 0.5) is 11.5 Å². The van der Waals surface area contributed by atoms with Crippen molar-refractivity contribution in [2.45, 2.75) is 25.2 Å². The number of hydrogen-bond donors (Lipinski definition) is 5. The number of nitrogens with zero attached hydrogens (tertiary/aromatic N) is 1. The largest absolute Gasteiger partial charge is 0.385 e. The van der Waals surface area contributed by atoms with Gasteiger partial charge in [-0.3, -0.25) is 20.1 Å². The number of fused-ring (bicyclic) bond motifs is 1. The minimum Gasteiger partial charge on any atom is -0.385 e. The predicted octanol–water partition coefficient (Wildman–Crippen LogP) is 2.37. The van der Waals surface area contributed by atoms with Crippen LogP contribution in [0.25, 0.3) is 10.9 Å². The van der Waals surface area contributed by atoms with E-state index in [9.17, 15) is 4.79 Å². The Labute approximate surface area is 132 Å². The lowest BCUT2D eigenvalue weighted by Crippen LogP contribution is -2.09. The van der Waals surface area contributed by atoms with Crippen molar-refractivity contribution in [1.29, 1.82) is 0 Å². The Bertz CT molecular complexity index is 857. The van der Waals surface area contributed by atoms with Crippen LogP contribution in [-0.2, 0) is 0 Å². The highest BCUT2D eigenvalue weighted by atomic mass is 16.1. The van der Waals surface area contributed by atoms with Crippen molar-refractivity contribution >= 4 is 22.4 Å². The molecule has 0 bridgehead atoms. The molecule has 1 fully saturated rings. The molecule has 5 N–H and O–H groups in total. The van der Waals surface area contributed by atoms with Gasteiger partial charge in [-0.25, -0.2) is 0 Å². The van der Waals surface area contributed by atoms with Gasteiger partial charge >= 0.3 is 0 Å². The number of H-pyrrole nitrogens is 3. The fourth-order valence-corrected chi connectivity index (χ4v) is 2.72. The lowest BCUT2D eigenvalue weighted by molar-refractivity contribution is 0.898. The van der Waals surface area contributed by atoms with E-state index in [2.05, 4.69) is 37.1 Å². The summed E-state index contributed by atoms with van der Waals surface area (Å²) in [5.41, 5.74) is 2.99. The van der Waals surface area contributed by atoms with E-state index in [1.54, 1.807) is 0 Å². The molecule has 0 aliphatic heterocycles. The molecule has 2 aromatic heterocycles. The summed E-state index contributed by atoms with van der Waals surface area (Å²) >= 11 is 0. The summed E-state index contributed by atoms with van der Waals surface area (Å²) in [6, 6.07) is 7.81. The van der Waals surface area contributed by atoms with Gasteiger partial charge in [-0.2, -0.15) is 5.10 Å². The molecule has 3 aromatic rings. The monoisotopic (exact) mass is 312 g/mol. The summed E-state index contributed by atoms with van der Waals surface area (Å²) in [6.07, 6.45) is 3.54. The van der Waals surface area contributed by atoms with E-state index >= 15 is 0 Å². The topological polar surface area (TPSA) is 101 Å². The first-order valence-electron chi connectivity index (χ1n) is 8.03. The second kappa shape index (κ2) is 5.83. The van der Waals surface area contributed by atoms with Gasteiger partial charge in [-0.05, 0) is 37.5 Å². The molecule has 0 spiro atoms. The number of rotatable bonds is 7. The predicted molar refractivity (Wildman–Crippen MR) is 91.1 cm³/mol. The lowest BCUT2D eigenvalue weighted by Gasteiger charge is -2.07. The van der Waals surface area contributed by atoms with Crippen LogP contribution in [0.15, 0.2) is 29.1 Å². The van der Waals surface area contributed by atoms with Gasteiger partial charge in [0.15, 0.2) is 0 Å². The van der Waals surface area contributed by atoms with Gasteiger partial charge in [0, 0.05) is 36.5 Å². The molecule has 0 unspecified atom stereocenters. The van der Waals surface area contributed by atoms with E-state index in [0.717, 1.165) is 36.5 Å². The first kappa shape index (κ1) is 13.9. The summed E-state index contributed by atoms with van der Waals surface area (Å²) < 4.78 is 0. The Hall–Kier alpha value is -2.70. The molecule has 4 rings (SSSR count). The van der Waals surface area contributed by atoms with Gasteiger partial charge in [0.2, 0.25) is 0 Å².